The monoisotopic (exact) mass is 359 g/mol. The molecule has 1 aromatic carbocycles. The second-order valence-electron chi connectivity index (χ2n) is 7.35. The van der Waals surface area contributed by atoms with Crippen LogP contribution in [0.25, 0.3) is 10.9 Å². The van der Waals surface area contributed by atoms with Gasteiger partial charge in [0.25, 0.3) is 5.91 Å². The summed E-state index contributed by atoms with van der Waals surface area (Å²) in [5.41, 5.74) is 1.18. The highest BCUT2D eigenvalue weighted by Gasteiger charge is 2.48. The molecule has 0 radical (unpaired) electrons. The summed E-state index contributed by atoms with van der Waals surface area (Å²) in [4.78, 5) is 29.4. The predicted octanol–water partition coefficient (Wildman–Crippen LogP) is 2.92. The normalized spacial score (nSPS) is 23.9. The maximum absolute atomic E-state index is 13.1. The molecule has 5 nitrogen and oxygen atoms in total. The quantitative estimate of drug-likeness (QED) is 0.786. The number of halogens is 1. The van der Waals surface area contributed by atoms with Crippen LogP contribution in [-0.2, 0) is 11.8 Å². The van der Waals surface area contributed by atoms with Crippen LogP contribution in [0.1, 0.15) is 29.8 Å². The van der Waals surface area contributed by atoms with E-state index in [2.05, 4.69) is 0 Å². The summed E-state index contributed by atoms with van der Waals surface area (Å²) >= 11 is 6.27. The Morgan fingerprint density at radius 3 is 2.76 bits per heavy atom. The maximum atomic E-state index is 13.1. The first-order valence-electron chi connectivity index (χ1n) is 8.72. The van der Waals surface area contributed by atoms with Crippen molar-refractivity contribution in [2.75, 3.05) is 26.7 Å². The van der Waals surface area contributed by atoms with E-state index in [9.17, 15) is 9.59 Å². The number of rotatable bonds is 1. The number of fused-ring (bicyclic) bond motifs is 1. The topological polar surface area (TPSA) is 45.5 Å². The van der Waals surface area contributed by atoms with E-state index in [4.69, 9.17) is 11.6 Å². The number of carbonyl (C=O) groups is 2. The molecule has 0 aliphatic carbocycles. The average molecular weight is 360 g/mol. The molecule has 1 atom stereocenters. The van der Waals surface area contributed by atoms with Gasteiger partial charge in [-0.3, -0.25) is 9.59 Å². The molecule has 0 unspecified atom stereocenters. The van der Waals surface area contributed by atoms with E-state index < -0.39 is 0 Å². The Balaban J connectivity index is 1.64. The first-order chi connectivity index (χ1) is 11.9. The van der Waals surface area contributed by atoms with E-state index in [1.54, 1.807) is 0 Å². The number of aryl methyl sites for hydroxylation is 1. The van der Waals surface area contributed by atoms with Crippen molar-refractivity contribution < 1.29 is 9.59 Å². The molecule has 3 heterocycles. The first-order valence-corrected chi connectivity index (χ1v) is 9.09. The van der Waals surface area contributed by atoms with Crippen molar-refractivity contribution in [2.45, 2.75) is 19.3 Å². The molecule has 25 heavy (non-hydrogen) atoms. The number of likely N-dealkylation sites (tertiary alicyclic amines) is 2. The highest BCUT2D eigenvalue weighted by atomic mass is 35.5. The lowest BCUT2D eigenvalue weighted by Gasteiger charge is -2.37. The summed E-state index contributed by atoms with van der Waals surface area (Å²) in [6.45, 7) is 1.97. The van der Waals surface area contributed by atoms with Crippen LogP contribution < -0.4 is 0 Å². The standard InChI is InChI=1S/C19H22ClN3O2/c1-21-9-4-7-19(18(21)25)8-10-23(12-19)17(24)16-11-13-14(20)5-3-6-15(13)22(16)2/h3,5-6,11H,4,7-10,12H2,1-2H3/t19-/m1/s1. The summed E-state index contributed by atoms with van der Waals surface area (Å²) in [5, 5.41) is 1.53. The average Bonchev–Trinajstić information content (AvgIpc) is 3.16. The van der Waals surface area contributed by atoms with E-state index in [1.807, 2.05) is 52.7 Å². The van der Waals surface area contributed by atoms with Crippen molar-refractivity contribution in [2.24, 2.45) is 12.5 Å². The molecule has 0 bridgehead atoms. The van der Waals surface area contributed by atoms with Gasteiger partial charge in [0.15, 0.2) is 0 Å². The number of nitrogens with zero attached hydrogens (tertiary/aromatic N) is 3. The molecule has 2 fully saturated rings. The van der Waals surface area contributed by atoms with Gasteiger partial charge in [0, 0.05) is 49.7 Å². The molecule has 1 spiro atoms. The minimum absolute atomic E-state index is 0.0207. The molecule has 2 amide bonds. The van der Waals surface area contributed by atoms with Crippen molar-refractivity contribution in [3.05, 3.63) is 35.0 Å². The van der Waals surface area contributed by atoms with Crippen LogP contribution in [-0.4, -0.2) is 52.9 Å². The third-order valence-corrected chi connectivity index (χ3v) is 6.17. The van der Waals surface area contributed by atoms with E-state index >= 15 is 0 Å². The Bertz CT molecular complexity index is 875. The van der Waals surface area contributed by atoms with Crippen LogP contribution in [0.15, 0.2) is 24.3 Å². The molecule has 2 aliphatic rings. The number of piperidine rings is 1. The SMILES string of the molecule is CN1CCC[C@]2(CCN(C(=O)c3cc4c(Cl)cccc4n3C)C2)C1=O. The second kappa shape index (κ2) is 5.77. The molecule has 4 rings (SSSR count). The molecule has 0 N–H and O–H groups in total. The highest BCUT2D eigenvalue weighted by molar-refractivity contribution is 6.35. The maximum Gasteiger partial charge on any atom is 0.270 e. The molecule has 132 valence electrons. The summed E-state index contributed by atoms with van der Waals surface area (Å²) in [6.07, 6.45) is 2.64. The van der Waals surface area contributed by atoms with Gasteiger partial charge in [-0.15, -0.1) is 0 Å². The van der Waals surface area contributed by atoms with Gasteiger partial charge < -0.3 is 14.4 Å². The third kappa shape index (κ3) is 2.44. The summed E-state index contributed by atoms with van der Waals surface area (Å²) in [5.74, 6) is 0.168. The number of carbonyl (C=O) groups excluding carboxylic acids is 2. The molecule has 2 aromatic rings. The minimum atomic E-state index is -0.384. The van der Waals surface area contributed by atoms with Gasteiger partial charge in [0.05, 0.1) is 5.41 Å². The van der Waals surface area contributed by atoms with Crippen LogP contribution >= 0.6 is 11.6 Å². The molecule has 2 saturated heterocycles. The predicted molar refractivity (Wildman–Crippen MR) is 97.8 cm³/mol. The number of benzene rings is 1. The largest absolute Gasteiger partial charge is 0.345 e. The lowest BCUT2D eigenvalue weighted by Crippen LogP contribution is -2.48. The zero-order valence-corrected chi connectivity index (χ0v) is 15.3. The number of aromatic nitrogens is 1. The van der Waals surface area contributed by atoms with E-state index in [-0.39, 0.29) is 17.2 Å². The van der Waals surface area contributed by atoms with E-state index in [1.165, 1.54) is 0 Å². The number of hydrogen-bond acceptors (Lipinski definition) is 2. The zero-order valence-electron chi connectivity index (χ0n) is 14.6. The van der Waals surface area contributed by atoms with Crippen molar-refractivity contribution in [1.29, 1.82) is 0 Å². The zero-order chi connectivity index (χ0) is 17.8. The fourth-order valence-corrected chi connectivity index (χ4v) is 4.61. The van der Waals surface area contributed by atoms with E-state index in [0.717, 1.165) is 36.7 Å². The Labute approximate surface area is 152 Å². The molecular weight excluding hydrogens is 338 g/mol. The Morgan fingerprint density at radius 2 is 2.00 bits per heavy atom. The van der Waals surface area contributed by atoms with Gasteiger partial charge >= 0.3 is 0 Å². The van der Waals surface area contributed by atoms with Crippen molar-refractivity contribution >= 4 is 34.3 Å². The fourth-order valence-electron chi connectivity index (χ4n) is 4.38. The van der Waals surface area contributed by atoms with Crippen LogP contribution in [0.5, 0.6) is 0 Å². The summed E-state index contributed by atoms with van der Waals surface area (Å²) in [6, 6.07) is 7.54. The Morgan fingerprint density at radius 1 is 1.20 bits per heavy atom. The van der Waals surface area contributed by atoms with E-state index in [0.29, 0.717) is 23.8 Å². The molecule has 1 aromatic heterocycles. The van der Waals surface area contributed by atoms with Gasteiger partial charge in [-0.1, -0.05) is 17.7 Å². The van der Waals surface area contributed by atoms with Gasteiger partial charge in [-0.2, -0.15) is 0 Å². The third-order valence-electron chi connectivity index (χ3n) is 5.84. The van der Waals surface area contributed by atoms with Crippen LogP contribution in [0, 0.1) is 5.41 Å². The highest BCUT2D eigenvalue weighted by Crippen LogP contribution is 2.40. The molecular formula is C19H22ClN3O2. The lowest BCUT2D eigenvalue weighted by molar-refractivity contribution is -0.143. The molecule has 2 aliphatic heterocycles. The van der Waals surface area contributed by atoms with Gasteiger partial charge in [0.1, 0.15) is 5.69 Å². The van der Waals surface area contributed by atoms with Crippen LogP contribution in [0.3, 0.4) is 0 Å². The Kier molecular flexibility index (Phi) is 3.80. The van der Waals surface area contributed by atoms with Crippen molar-refractivity contribution in [1.82, 2.24) is 14.4 Å². The summed E-state index contributed by atoms with van der Waals surface area (Å²) < 4.78 is 1.89. The Hall–Kier alpha value is -2.01. The molecule has 0 saturated carbocycles. The fraction of sp³-hybridized carbons (Fsp3) is 0.474. The van der Waals surface area contributed by atoms with Crippen LogP contribution in [0.4, 0.5) is 0 Å². The van der Waals surface area contributed by atoms with Gasteiger partial charge in [0.2, 0.25) is 5.91 Å². The molecule has 6 heteroatoms. The van der Waals surface area contributed by atoms with Crippen molar-refractivity contribution in [3.8, 4) is 0 Å². The first kappa shape index (κ1) is 16.5. The second-order valence-corrected chi connectivity index (χ2v) is 7.76. The van der Waals surface area contributed by atoms with Crippen LogP contribution in [0.2, 0.25) is 5.02 Å². The smallest absolute Gasteiger partial charge is 0.270 e. The summed E-state index contributed by atoms with van der Waals surface area (Å²) in [7, 11) is 3.75. The van der Waals surface area contributed by atoms with Gasteiger partial charge in [-0.25, -0.2) is 0 Å². The van der Waals surface area contributed by atoms with Crippen molar-refractivity contribution in [3.63, 3.8) is 0 Å². The number of amides is 2. The number of hydrogen-bond donors (Lipinski definition) is 0. The van der Waals surface area contributed by atoms with Gasteiger partial charge in [-0.05, 0) is 37.5 Å². The minimum Gasteiger partial charge on any atom is -0.345 e. The lowest BCUT2D eigenvalue weighted by atomic mass is 9.78.